The van der Waals surface area contributed by atoms with Crippen molar-refractivity contribution in [1.29, 1.82) is 0 Å². The van der Waals surface area contributed by atoms with Crippen LogP contribution in [0.15, 0.2) is 25.3 Å². The molecule has 3 nitrogen and oxygen atoms in total. The zero-order valence-corrected chi connectivity index (χ0v) is 25.8. The smallest absolute Gasteiger partial charge is 0.192 e. The first-order chi connectivity index (χ1) is 14.1. The Morgan fingerprint density at radius 1 is 0.688 bits per heavy atom. The third-order valence-corrected chi connectivity index (χ3v) is 17.1. The van der Waals surface area contributed by atoms with Crippen LogP contribution in [0.1, 0.15) is 69.2 Å². The van der Waals surface area contributed by atoms with Gasteiger partial charge in [-0.2, -0.15) is 0 Å². The van der Waals surface area contributed by atoms with Crippen molar-refractivity contribution in [2.75, 3.05) is 0 Å². The summed E-state index contributed by atoms with van der Waals surface area (Å²) in [7, 11) is -4.10. The average molecular weight is 483 g/mol. The van der Waals surface area contributed by atoms with Crippen molar-refractivity contribution in [3.8, 4) is 0 Å². The lowest BCUT2D eigenvalue weighted by molar-refractivity contribution is -0.133. The van der Waals surface area contributed by atoms with Crippen molar-refractivity contribution in [3.63, 3.8) is 0 Å². The van der Waals surface area contributed by atoms with Gasteiger partial charge in [0.25, 0.3) is 0 Å². The van der Waals surface area contributed by atoms with Gasteiger partial charge < -0.3 is 8.85 Å². The summed E-state index contributed by atoms with van der Waals surface area (Å²) in [5.74, 6) is -0.0946. The molecule has 0 spiro atoms. The molecule has 5 heteroatoms. The van der Waals surface area contributed by atoms with E-state index in [2.05, 4.69) is 94.7 Å². The zero-order valence-electron chi connectivity index (χ0n) is 23.8. The molecule has 6 atom stereocenters. The molecule has 0 saturated heterocycles. The molecule has 0 aliphatic heterocycles. The number of Topliss-reactive ketones (excluding diaryl/α,β-unsaturated/α-hetero) is 1. The maximum absolute atomic E-state index is 13.8. The van der Waals surface area contributed by atoms with Gasteiger partial charge in [-0.15, -0.1) is 13.2 Å². The number of ketones is 1. The van der Waals surface area contributed by atoms with Crippen LogP contribution in [-0.4, -0.2) is 34.6 Å². The Hall–Kier alpha value is -0.496. The van der Waals surface area contributed by atoms with Crippen LogP contribution in [0.2, 0.25) is 36.3 Å². The van der Waals surface area contributed by atoms with Gasteiger partial charge in [-0.25, -0.2) is 0 Å². The average Bonchev–Trinajstić information content (AvgIpc) is 2.65. The van der Waals surface area contributed by atoms with Crippen LogP contribution < -0.4 is 0 Å². The van der Waals surface area contributed by atoms with E-state index in [9.17, 15) is 4.79 Å². The maximum atomic E-state index is 13.8. The Morgan fingerprint density at radius 2 is 0.938 bits per heavy atom. The second-order valence-corrected chi connectivity index (χ2v) is 22.4. The fraction of sp³-hybridized carbons (Fsp3) is 0.815. The lowest BCUT2D eigenvalue weighted by Crippen LogP contribution is -2.51. The number of carbonyl (C=O) groups excluding carboxylic acids is 1. The minimum atomic E-state index is -2.05. The monoisotopic (exact) mass is 482 g/mol. The molecule has 0 aromatic rings. The molecule has 0 rings (SSSR count). The predicted molar refractivity (Wildman–Crippen MR) is 146 cm³/mol. The quantitative estimate of drug-likeness (QED) is 0.207. The molecule has 188 valence electrons. The molecule has 0 N–H and O–H groups in total. The minimum absolute atomic E-state index is 0.0753. The number of hydrogen-bond donors (Lipinski definition) is 0. The highest BCUT2D eigenvalue weighted by Crippen LogP contribution is 2.41. The van der Waals surface area contributed by atoms with E-state index >= 15 is 0 Å². The SMILES string of the molecule is C=C[C@@H](C)[C@H](O[Si](C)(C)C(C)(C)C)[C@H](C)C(=O)[C@H](C)[C@H](O[Si](C)(C)C(C)(C)C)[C@@H](C)C=C. The molecule has 0 aromatic heterocycles. The summed E-state index contributed by atoms with van der Waals surface area (Å²) in [6.07, 6.45) is 3.47. The van der Waals surface area contributed by atoms with Crippen molar-refractivity contribution in [3.05, 3.63) is 25.3 Å². The maximum Gasteiger partial charge on any atom is 0.192 e. The Kier molecular flexibility index (Phi) is 11.1. The van der Waals surface area contributed by atoms with Crippen LogP contribution in [0.25, 0.3) is 0 Å². The van der Waals surface area contributed by atoms with E-state index in [4.69, 9.17) is 8.85 Å². The van der Waals surface area contributed by atoms with Crippen molar-refractivity contribution in [2.45, 2.75) is 118 Å². The summed E-state index contributed by atoms with van der Waals surface area (Å²) in [5.41, 5.74) is 0. The van der Waals surface area contributed by atoms with Gasteiger partial charge in [0, 0.05) is 11.8 Å². The van der Waals surface area contributed by atoms with Gasteiger partial charge in [0.1, 0.15) is 5.78 Å². The summed E-state index contributed by atoms with van der Waals surface area (Å²) in [6.45, 7) is 38.7. The summed E-state index contributed by atoms with van der Waals surface area (Å²) in [6, 6.07) is 0. The van der Waals surface area contributed by atoms with Crippen LogP contribution >= 0.6 is 0 Å². The second-order valence-electron chi connectivity index (χ2n) is 12.9. The topological polar surface area (TPSA) is 35.5 Å². The fourth-order valence-electron chi connectivity index (χ4n) is 3.37. The normalized spacial score (nSPS) is 19.4. The molecule has 0 saturated carbocycles. The Labute approximate surface area is 202 Å². The van der Waals surface area contributed by atoms with E-state index in [1.165, 1.54) is 0 Å². The zero-order chi connectivity index (χ0) is 25.9. The molecule has 0 radical (unpaired) electrons. The lowest BCUT2D eigenvalue weighted by Gasteiger charge is -2.44. The predicted octanol–water partition coefficient (Wildman–Crippen LogP) is 8.25. The first kappa shape index (κ1) is 31.5. The van der Waals surface area contributed by atoms with Gasteiger partial charge >= 0.3 is 0 Å². The van der Waals surface area contributed by atoms with Gasteiger partial charge in [-0.05, 0) is 48.1 Å². The van der Waals surface area contributed by atoms with Crippen LogP contribution in [-0.2, 0) is 13.6 Å². The summed E-state index contributed by atoms with van der Waals surface area (Å²) in [4.78, 5) is 13.8. The van der Waals surface area contributed by atoms with Crippen LogP contribution in [0, 0.1) is 23.7 Å². The summed E-state index contributed by atoms with van der Waals surface area (Å²) >= 11 is 0. The first-order valence-electron chi connectivity index (χ1n) is 12.3. The highest BCUT2D eigenvalue weighted by atomic mass is 28.4. The lowest BCUT2D eigenvalue weighted by atomic mass is 9.81. The first-order valence-corrected chi connectivity index (χ1v) is 18.1. The van der Waals surface area contributed by atoms with E-state index < -0.39 is 16.6 Å². The third kappa shape index (κ3) is 7.78. The van der Waals surface area contributed by atoms with Gasteiger partial charge in [0.15, 0.2) is 16.6 Å². The Bertz CT molecular complexity index is 586. The van der Waals surface area contributed by atoms with E-state index in [1.807, 2.05) is 26.0 Å². The molecule has 0 aliphatic rings. The van der Waals surface area contributed by atoms with E-state index in [0.29, 0.717) is 0 Å². The molecular formula is C27H54O3Si2. The molecule has 0 aromatic carbocycles. The number of hydrogen-bond acceptors (Lipinski definition) is 3. The van der Waals surface area contributed by atoms with E-state index in [0.717, 1.165) is 0 Å². The molecule has 32 heavy (non-hydrogen) atoms. The number of carbonyl (C=O) groups is 1. The largest absolute Gasteiger partial charge is 0.413 e. The molecule has 0 heterocycles. The van der Waals surface area contributed by atoms with E-state index in [-0.39, 0.29) is 51.7 Å². The highest BCUT2D eigenvalue weighted by Gasteiger charge is 2.45. The fourth-order valence-corrected chi connectivity index (χ4v) is 6.28. The van der Waals surface area contributed by atoms with Crippen LogP contribution in [0.3, 0.4) is 0 Å². The molecule has 0 bridgehead atoms. The minimum Gasteiger partial charge on any atom is -0.413 e. The van der Waals surface area contributed by atoms with Gasteiger partial charge in [-0.3, -0.25) is 4.79 Å². The van der Waals surface area contributed by atoms with Gasteiger partial charge in [-0.1, -0.05) is 81.4 Å². The Morgan fingerprint density at radius 3 is 1.12 bits per heavy atom. The molecular weight excluding hydrogens is 428 g/mol. The molecule has 0 amide bonds. The van der Waals surface area contributed by atoms with Crippen molar-refractivity contribution < 1.29 is 13.6 Å². The van der Waals surface area contributed by atoms with Gasteiger partial charge in [0.2, 0.25) is 0 Å². The van der Waals surface area contributed by atoms with E-state index in [1.54, 1.807) is 0 Å². The van der Waals surface area contributed by atoms with Crippen LogP contribution in [0.4, 0.5) is 0 Å². The summed E-state index contributed by atoms with van der Waals surface area (Å²) in [5, 5.41) is 0.151. The highest BCUT2D eigenvalue weighted by molar-refractivity contribution is 6.74. The second kappa shape index (κ2) is 11.3. The standard InChI is InChI=1S/C27H54O3Si2/c1-17-19(3)24(29-31(13,14)26(7,8)9)21(5)23(28)22(6)25(20(4)18-2)30-32(15,16)27(10,11)12/h17-22,24-25H,1-2H2,3-16H3/t19-,20+,21-,22+,24+,25-. The summed E-state index contributed by atoms with van der Waals surface area (Å²) < 4.78 is 13.6. The Balaban J connectivity index is 6.02. The van der Waals surface area contributed by atoms with Crippen molar-refractivity contribution >= 4 is 22.4 Å². The molecule has 0 unspecified atom stereocenters. The van der Waals surface area contributed by atoms with Gasteiger partial charge in [0.05, 0.1) is 12.2 Å². The number of rotatable bonds is 12. The van der Waals surface area contributed by atoms with Crippen molar-refractivity contribution in [1.82, 2.24) is 0 Å². The van der Waals surface area contributed by atoms with Crippen LogP contribution in [0.5, 0.6) is 0 Å². The van der Waals surface area contributed by atoms with Crippen molar-refractivity contribution in [2.24, 2.45) is 23.7 Å². The molecule has 0 fully saturated rings. The molecule has 0 aliphatic carbocycles. The third-order valence-electron chi connectivity index (χ3n) is 8.14.